The molecule has 0 bridgehead atoms. The van der Waals surface area contributed by atoms with Crippen molar-refractivity contribution in [2.45, 2.75) is 0 Å². The minimum Gasteiger partial charge on any atom is -0.355 e. The van der Waals surface area contributed by atoms with E-state index in [0.29, 0.717) is 15.1 Å². The Bertz CT molecular complexity index is 5980. The fourth-order valence-electron chi connectivity index (χ4n) is 14.6. The van der Waals surface area contributed by atoms with Crippen molar-refractivity contribution < 1.29 is 0 Å². The standard InChI is InChI=1S/C54H40ClN3.C30H22Cl2N2.C24H19N/c55-54-52(57(47-30-14-5-15-31-47)51-35-18-34-50(40-51)56(45-26-10-3-11-27-45)46-28-12-4-13-29-46)36-19-37-53(54)58(48-32-16-24-43(38-48)41-20-6-1-7-21-41)49-33-17-25-44(39-49)42-22-8-2-9-23-42;31-28-20-11-21-29(30(28)32)34(25-16-8-3-9-17-25)27-19-10-18-26(22-27)33(23-12-4-1-5-13-23)24-14-6-2-7-15-24;1-3-9-19(10-4-1)21-13-7-15-23(17-21)25-24-16-8-14-22(18-24)20-11-5-2-6-12-20/h1-40H;1-22H;1-18,25H. The lowest BCUT2D eigenvalue weighted by atomic mass is 10.0. The molecule has 0 heterocycles. The zero-order valence-corrected chi connectivity index (χ0v) is 66.3. The van der Waals surface area contributed by atoms with Gasteiger partial charge in [-0.05, 0) is 226 Å². The molecule has 0 aliphatic heterocycles. The third kappa shape index (κ3) is 18.5. The van der Waals surface area contributed by atoms with Crippen LogP contribution in [0.1, 0.15) is 0 Å². The number of nitrogens with zero attached hydrogens (tertiary/aromatic N) is 5. The lowest BCUT2D eigenvalue weighted by Crippen LogP contribution is -2.15. The van der Waals surface area contributed by atoms with Crippen LogP contribution in [0, 0.1) is 0 Å². The predicted octanol–water partition coefficient (Wildman–Crippen LogP) is 32.8. The highest BCUT2D eigenvalue weighted by Crippen LogP contribution is 2.50. The normalized spacial score (nSPS) is 10.7. The molecule has 564 valence electrons. The fraction of sp³-hybridized carbons (Fsp3) is 0. The summed E-state index contributed by atoms with van der Waals surface area (Å²) < 4.78 is 0. The monoisotopic (exact) mass is 1570 g/mol. The maximum atomic E-state index is 7.81. The van der Waals surface area contributed by atoms with Crippen LogP contribution in [0.4, 0.5) is 96.7 Å². The molecule has 0 aliphatic rings. The highest BCUT2D eigenvalue weighted by molar-refractivity contribution is 6.44. The molecule has 18 aromatic rings. The summed E-state index contributed by atoms with van der Waals surface area (Å²) in [5.74, 6) is 0. The van der Waals surface area contributed by atoms with Gasteiger partial charge in [-0.1, -0.05) is 338 Å². The third-order valence-electron chi connectivity index (χ3n) is 20.0. The zero-order chi connectivity index (χ0) is 79.3. The van der Waals surface area contributed by atoms with Crippen LogP contribution < -0.4 is 29.8 Å². The van der Waals surface area contributed by atoms with Crippen molar-refractivity contribution in [3.8, 4) is 44.5 Å². The van der Waals surface area contributed by atoms with E-state index < -0.39 is 0 Å². The Morgan fingerprint density at radius 2 is 0.342 bits per heavy atom. The van der Waals surface area contributed by atoms with E-state index in [2.05, 4.69) is 436 Å². The van der Waals surface area contributed by atoms with Gasteiger partial charge in [0.05, 0.1) is 32.1 Å². The second-order valence-electron chi connectivity index (χ2n) is 27.8. The smallest absolute Gasteiger partial charge is 0.0887 e. The Morgan fingerprint density at radius 3 is 0.650 bits per heavy atom. The van der Waals surface area contributed by atoms with Crippen molar-refractivity contribution >= 4 is 131 Å². The van der Waals surface area contributed by atoms with Crippen LogP contribution in [-0.4, -0.2) is 0 Å². The van der Waals surface area contributed by atoms with Gasteiger partial charge in [0.2, 0.25) is 0 Å². The van der Waals surface area contributed by atoms with E-state index in [9.17, 15) is 0 Å². The molecule has 0 aliphatic carbocycles. The van der Waals surface area contributed by atoms with Gasteiger partial charge >= 0.3 is 0 Å². The van der Waals surface area contributed by atoms with Gasteiger partial charge < -0.3 is 29.8 Å². The third-order valence-corrected chi connectivity index (χ3v) is 21.2. The number of hydrogen-bond acceptors (Lipinski definition) is 6. The Labute approximate surface area is 701 Å². The molecule has 0 radical (unpaired) electrons. The molecular formula is C108H81Cl3N6. The number of para-hydroxylation sites is 6. The fourth-order valence-corrected chi connectivity index (χ4v) is 15.3. The molecule has 117 heavy (non-hydrogen) atoms. The van der Waals surface area contributed by atoms with E-state index in [1.807, 2.05) is 72.8 Å². The molecule has 0 amide bonds. The summed E-state index contributed by atoms with van der Waals surface area (Å²) in [6.45, 7) is 0. The highest BCUT2D eigenvalue weighted by atomic mass is 35.5. The molecule has 1 N–H and O–H groups in total. The molecule has 0 unspecified atom stereocenters. The van der Waals surface area contributed by atoms with Gasteiger partial charge in [-0.3, -0.25) is 0 Å². The Balaban J connectivity index is 0.000000146. The molecule has 9 heteroatoms. The first-order valence-electron chi connectivity index (χ1n) is 38.9. The quantitative estimate of drug-likeness (QED) is 0.0771. The molecule has 0 saturated heterocycles. The van der Waals surface area contributed by atoms with Gasteiger partial charge in [-0.2, -0.15) is 0 Å². The van der Waals surface area contributed by atoms with E-state index in [1.54, 1.807) is 6.07 Å². The van der Waals surface area contributed by atoms with Gasteiger partial charge in [0, 0.05) is 79.6 Å². The lowest BCUT2D eigenvalue weighted by molar-refractivity contribution is 1.24. The van der Waals surface area contributed by atoms with Gasteiger partial charge in [0.15, 0.2) is 0 Å². The van der Waals surface area contributed by atoms with Crippen molar-refractivity contribution in [2.75, 3.05) is 29.8 Å². The predicted molar refractivity (Wildman–Crippen MR) is 499 cm³/mol. The van der Waals surface area contributed by atoms with E-state index in [4.69, 9.17) is 34.8 Å². The average Bonchev–Trinajstić information content (AvgIpc) is 0.764. The molecule has 18 rings (SSSR count). The average molecular weight is 1570 g/mol. The van der Waals surface area contributed by atoms with Crippen LogP contribution in [0.15, 0.2) is 485 Å². The number of halogens is 3. The summed E-state index contributed by atoms with van der Waals surface area (Å²) in [6, 6.07) is 168. The van der Waals surface area contributed by atoms with Crippen molar-refractivity contribution in [2.24, 2.45) is 0 Å². The largest absolute Gasteiger partial charge is 0.355 e. The number of nitrogens with one attached hydrogen (secondary N) is 1. The van der Waals surface area contributed by atoms with Gasteiger partial charge in [0.25, 0.3) is 0 Å². The lowest BCUT2D eigenvalue weighted by Gasteiger charge is -2.32. The van der Waals surface area contributed by atoms with Crippen molar-refractivity contribution in [1.29, 1.82) is 0 Å². The number of benzene rings is 18. The summed E-state index contributed by atoms with van der Waals surface area (Å²) in [5.41, 5.74) is 26.5. The molecule has 0 saturated carbocycles. The van der Waals surface area contributed by atoms with Gasteiger partial charge in [-0.15, -0.1) is 0 Å². The van der Waals surface area contributed by atoms with Crippen molar-refractivity contribution in [3.05, 3.63) is 500 Å². The van der Waals surface area contributed by atoms with Crippen LogP contribution in [0.5, 0.6) is 0 Å². The molecular weight excluding hydrogens is 1490 g/mol. The van der Waals surface area contributed by atoms with Crippen molar-refractivity contribution in [1.82, 2.24) is 0 Å². The first kappa shape index (κ1) is 76.6. The van der Waals surface area contributed by atoms with Crippen LogP contribution in [0.2, 0.25) is 15.1 Å². The van der Waals surface area contributed by atoms with Crippen molar-refractivity contribution in [3.63, 3.8) is 0 Å². The van der Waals surface area contributed by atoms with E-state index in [1.165, 1.54) is 22.3 Å². The topological polar surface area (TPSA) is 28.2 Å². The van der Waals surface area contributed by atoms with Crippen LogP contribution >= 0.6 is 34.8 Å². The van der Waals surface area contributed by atoms with E-state index >= 15 is 0 Å². The minimum atomic E-state index is 0.515. The molecule has 0 spiro atoms. The summed E-state index contributed by atoms with van der Waals surface area (Å²) in [7, 11) is 0. The molecule has 0 atom stereocenters. The van der Waals surface area contributed by atoms with E-state index in [-0.39, 0.29) is 0 Å². The summed E-state index contributed by atoms with van der Waals surface area (Å²) >= 11 is 20.9. The molecule has 0 fully saturated rings. The Morgan fingerprint density at radius 1 is 0.145 bits per heavy atom. The summed E-state index contributed by atoms with van der Waals surface area (Å²) in [6.07, 6.45) is 0. The van der Waals surface area contributed by atoms with E-state index in [0.717, 1.165) is 119 Å². The summed E-state index contributed by atoms with van der Waals surface area (Å²) in [5, 5.41) is 5.18. The number of rotatable bonds is 21. The molecule has 0 aromatic heterocycles. The number of hydrogen-bond donors (Lipinski definition) is 1. The van der Waals surface area contributed by atoms with Gasteiger partial charge in [0.1, 0.15) is 0 Å². The highest BCUT2D eigenvalue weighted by Gasteiger charge is 2.26. The second-order valence-corrected chi connectivity index (χ2v) is 28.9. The van der Waals surface area contributed by atoms with Crippen LogP contribution in [-0.2, 0) is 0 Å². The van der Waals surface area contributed by atoms with Crippen LogP contribution in [0.25, 0.3) is 44.5 Å². The maximum absolute atomic E-state index is 7.81. The maximum Gasteiger partial charge on any atom is 0.0887 e. The summed E-state index contributed by atoms with van der Waals surface area (Å²) in [4.78, 5) is 11.2. The second kappa shape index (κ2) is 37.5. The zero-order valence-electron chi connectivity index (χ0n) is 64.1. The SMILES string of the molecule is Clc1c(N(c2cccc(-c3ccccc3)c2)c2cccc(-c3ccccc3)c2)cccc1N(c1ccccc1)c1cccc(N(c2ccccc2)c2ccccc2)c1.Clc1cccc(N(c2ccccc2)c2cccc(N(c3ccccc3)c3ccccc3)c2)c1Cl.c1ccc(-c2cccc(Nc3cccc(-c4ccccc4)c3)c2)cc1. The minimum absolute atomic E-state index is 0.515. The van der Waals surface area contributed by atoms with Gasteiger partial charge in [-0.25, -0.2) is 0 Å². The first-order chi connectivity index (χ1) is 57.8. The molecule has 6 nitrogen and oxygen atoms in total. The van der Waals surface area contributed by atoms with Crippen LogP contribution in [0.3, 0.4) is 0 Å². The first-order valence-corrected chi connectivity index (χ1v) is 40.1. The number of anilines is 17. The Hall–Kier alpha value is -14.4. The Kier molecular flexibility index (Phi) is 24.6. The molecule has 18 aromatic carbocycles.